The lowest BCUT2D eigenvalue weighted by atomic mass is 10.1. The molecule has 0 radical (unpaired) electrons. The number of halogens is 3. The maximum absolute atomic E-state index is 12.4. The highest BCUT2D eigenvalue weighted by Crippen LogP contribution is 2.29. The highest BCUT2D eigenvalue weighted by atomic mass is 19.4. The average molecular weight is 275 g/mol. The second-order valence-electron chi connectivity index (χ2n) is 4.42. The van der Waals surface area contributed by atoms with Crippen LogP contribution >= 0.6 is 0 Å². The van der Waals surface area contributed by atoms with Gasteiger partial charge in [0.05, 0.1) is 17.8 Å². The monoisotopic (exact) mass is 275 g/mol. The van der Waals surface area contributed by atoms with Crippen molar-refractivity contribution in [1.29, 1.82) is 0 Å². The third-order valence-electron chi connectivity index (χ3n) is 3.01. The molecular weight excluding hydrogens is 263 g/mol. The van der Waals surface area contributed by atoms with Crippen LogP contribution < -0.4 is 0 Å². The summed E-state index contributed by atoms with van der Waals surface area (Å²) >= 11 is 0. The number of aliphatic hydroxyl groups excluding tert-OH is 2. The summed E-state index contributed by atoms with van der Waals surface area (Å²) in [5.74, 6) is -0.510. The standard InChI is InChI=1S/C12H12F3NO3/c13-12(14,15)8-3-1-7(2-4-8)11(19)16-5-9(17)10(18)6-16/h1-4,9-10,17-18H,5-6H2. The Kier molecular flexibility index (Phi) is 3.51. The molecule has 0 bridgehead atoms. The minimum Gasteiger partial charge on any atom is -0.388 e. The van der Waals surface area contributed by atoms with Gasteiger partial charge in [-0.1, -0.05) is 0 Å². The first kappa shape index (κ1) is 13.8. The van der Waals surface area contributed by atoms with Gasteiger partial charge in [-0.3, -0.25) is 4.79 Å². The molecule has 1 aliphatic heterocycles. The van der Waals surface area contributed by atoms with Crippen LogP contribution in [0.1, 0.15) is 15.9 Å². The lowest BCUT2D eigenvalue weighted by molar-refractivity contribution is -0.137. The molecule has 1 saturated heterocycles. The summed E-state index contributed by atoms with van der Waals surface area (Å²) in [6.45, 7) is -0.0535. The number of hydrogen-bond donors (Lipinski definition) is 2. The molecule has 104 valence electrons. The van der Waals surface area contributed by atoms with Crippen molar-refractivity contribution < 1.29 is 28.2 Å². The Morgan fingerprint density at radius 3 is 2.00 bits per heavy atom. The molecule has 1 aliphatic rings. The average Bonchev–Trinajstić information content (AvgIpc) is 2.68. The summed E-state index contributed by atoms with van der Waals surface area (Å²) < 4.78 is 37.1. The van der Waals surface area contributed by atoms with E-state index in [0.717, 1.165) is 24.3 Å². The number of hydrogen-bond acceptors (Lipinski definition) is 3. The maximum atomic E-state index is 12.4. The second kappa shape index (κ2) is 4.82. The van der Waals surface area contributed by atoms with Crippen molar-refractivity contribution in [3.63, 3.8) is 0 Å². The van der Waals surface area contributed by atoms with Gasteiger partial charge in [-0.2, -0.15) is 13.2 Å². The fraction of sp³-hybridized carbons (Fsp3) is 0.417. The molecule has 7 heteroatoms. The van der Waals surface area contributed by atoms with Gasteiger partial charge in [-0.05, 0) is 24.3 Å². The van der Waals surface area contributed by atoms with Crippen molar-refractivity contribution in [2.24, 2.45) is 0 Å². The zero-order valence-corrected chi connectivity index (χ0v) is 9.76. The molecule has 0 spiro atoms. The number of nitrogens with zero attached hydrogens (tertiary/aromatic N) is 1. The lowest BCUT2D eigenvalue weighted by Gasteiger charge is -2.15. The fourth-order valence-electron chi connectivity index (χ4n) is 1.92. The smallest absolute Gasteiger partial charge is 0.388 e. The van der Waals surface area contributed by atoms with Crippen molar-refractivity contribution in [3.8, 4) is 0 Å². The van der Waals surface area contributed by atoms with E-state index in [1.54, 1.807) is 0 Å². The lowest BCUT2D eigenvalue weighted by Crippen LogP contribution is -2.29. The summed E-state index contributed by atoms with van der Waals surface area (Å²) in [7, 11) is 0. The van der Waals surface area contributed by atoms with Crippen LogP contribution in [0.5, 0.6) is 0 Å². The van der Waals surface area contributed by atoms with Gasteiger partial charge >= 0.3 is 6.18 Å². The highest BCUT2D eigenvalue weighted by Gasteiger charge is 2.34. The van der Waals surface area contributed by atoms with Crippen molar-refractivity contribution >= 4 is 5.91 Å². The first-order chi connectivity index (χ1) is 8.79. The molecule has 2 atom stereocenters. The largest absolute Gasteiger partial charge is 0.416 e. The van der Waals surface area contributed by atoms with Gasteiger partial charge in [-0.15, -0.1) is 0 Å². The van der Waals surface area contributed by atoms with Crippen LogP contribution in [0.4, 0.5) is 13.2 Å². The highest BCUT2D eigenvalue weighted by molar-refractivity contribution is 5.94. The van der Waals surface area contributed by atoms with Gasteiger partial charge in [0.1, 0.15) is 0 Å². The van der Waals surface area contributed by atoms with Crippen molar-refractivity contribution in [2.75, 3.05) is 13.1 Å². The molecule has 1 fully saturated rings. The molecule has 2 N–H and O–H groups in total. The third kappa shape index (κ3) is 2.87. The quantitative estimate of drug-likeness (QED) is 0.800. The van der Waals surface area contributed by atoms with Crippen molar-refractivity contribution in [1.82, 2.24) is 4.90 Å². The van der Waals surface area contributed by atoms with Crippen LogP contribution in [0.2, 0.25) is 0 Å². The molecule has 4 nitrogen and oxygen atoms in total. The van der Waals surface area contributed by atoms with Crippen LogP contribution in [0.15, 0.2) is 24.3 Å². The summed E-state index contributed by atoms with van der Waals surface area (Å²) in [4.78, 5) is 13.1. The number of aliphatic hydroxyl groups is 2. The van der Waals surface area contributed by atoms with E-state index >= 15 is 0 Å². The van der Waals surface area contributed by atoms with Crippen LogP contribution in [0.3, 0.4) is 0 Å². The number of likely N-dealkylation sites (tertiary alicyclic amines) is 1. The Morgan fingerprint density at radius 2 is 1.58 bits per heavy atom. The first-order valence-corrected chi connectivity index (χ1v) is 5.61. The molecule has 0 aromatic heterocycles. The van der Waals surface area contributed by atoms with E-state index in [-0.39, 0.29) is 18.7 Å². The van der Waals surface area contributed by atoms with E-state index in [2.05, 4.69) is 0 Å². The zero-order valence-electron chi connectivity index (χ0n) is 9.76. The van der Waals surface area contributed by atoms with Gasteiger partial charge in [-0.25, -0.2) is 0 Å². The summed E-state index contributed by atoms with van der Waals surface area (Å²) in [6, 6.07) is 3.83. The summed E-state index contributed by atoms with van der Waals surface area (Å²) in [5, 5.41) is 18.6. The topological polar surface area (TPSA) is 60.8 Å². The number of rotatable bonds is 1. The SMILES string of the molecule is O=C(c1ccc(C(F)(F)F)cc1)N1CC(O)C(O)C1. The minimum absolute atomic E-state index is 0.0268. The number of β-amino-alcohol motifs (C(OH)–C–C–N with tert-alkyl or cyclic N) is 2. The third-order valence-corrected chi connectivity index (χ3v) is 3.01. The Balaban J connectivity index is 2.13. The van der Waals surface area contributed by atoms with E-state index in [0.29, 0.717) is 0 Å². The van der Waals surface area contributed by atoms with Crippen molar-refractivity contribution in [2.45, 2.75) is 18.4 Å². The predicted octanol–water partition coefficient (Wildman–Crippen LogP) is 0.883. The molecule has 1 heterocycles. The van der Waals surface area contributed by atoms with E-state index in [9.17, 15) is 28.2 Å². The van der Waals surface area contributed by atoms with Gasteiger partial charge in [0.25, 0.3) is 5.91 Å². The summed E-state index contributed by atoms with van der Waals surface area (Å²) in [5.41, 5.74) is -0.736. The van der Waals surface area contributed by atoms with E-state index < -0.39 is 29.9 Å². The minimum atomic E-state index is -4.44. The van der Waals surface area contributed by atoms with Gasteiger partial charge in [0, 0.05) is 18.7 Å². The number of alkyl halides is 3. The molecule has 2 unspecified atom stereocenters. The molecule has 1 amide bonds. The van der Waals surface area contributed by atoms with E-state index in [1.165, 1.54) is 4.90 Å². The zero-order chi connectivity index (χ0) is 14.2. The van der Waals surface area contributed by atoms with Crippen LogP contribution in [0, 0.1) is 0 Å². The van der Waals surface area contributed by atoms with Gasteiger partial charge in [0.15, 0.2) is 0 Å². The Labute approximate surface area is 107 Å². The Bertz CT molecular complexity index is 462. The first-order valence-electron chi connectivity index (χ1n) is 5.61. The van der Waals surface area contributed by atoms with Crippen LogP contribution in [-0.2, 0) is 6.18 Å². The molecule has 1 aromatic rings. The van der Waals surface area contributed by atoms with Crippen molar-refractivity contribution in [3.05, 3.63) is 35.4 Å². The predicted molar refractivity (Wildman–Crippen MR) is 59.4 cm³/mol. The van der Waals surface area contributed by atoms with E-state index in [4.69, 9.17) is 0 Å². The molecule has 0 saturated carbocycles. The molecule has 1 aromatic carbocycles. The number of carbonyl (C=O) groups excluding carboxylic acids is 1. The summed E-state index contributed by atoms with van der Waals surface area (Å²) in [6.07, 6.45) is -6.47. The van der Waals surface area contributed by atoms with Gasteiger partial charge < -0.3 is 15.1 Å². The fourth-order valence-corrected chi connectivity index (χ4v) is 1.92. The van der Waals surface area contributed by atoms with Gasteiger partial charge in [0.2, 0.25) is 0 Å². The Morgan fingerprint density at radius 1 is 1.11 bits per heavy atom. The molecule has 2 rings (SSSR count). The molecular formula is C12H12F3NO3. The number of benzene rings is 1. The van der Waals surface area contributed by atoms with E-state index in [1.807, 2.05) is 0 Å². The van der Waals surface area contributed by atoms with Crippen LogP contribution in [-0.4, -0.2) is 46.3 Å². The Hall–Kier alpha value is -1.60. The molecule has 19 heavy (non-hydrogen) atoms. The molecule has 0 aliphatic carbocycles. The van der Waals surface area contributed by atoms with Crippen LogP contribution in [0.25, 0.3) is 0 Å². The normalized spacial score (nSPS) is 23.7. The maximum Gasteiger partial charge on any atom is 0.416 e. The number of amides is 1. The second-order valence-corrected chi connectivity index (χ2v) is 4.42. The number of carbonyl (C=O) groups is 1.